The molecule has 0 atom stereocenters. The third kappa shape index (κ3) is 3.26. The number of pyridine rings is 1. The molecule has 0 radical (unpaired) electrons. The van der Waals surface area contributed by atoms with Crippen molar-refractivity contribution >= 4 is 34.8 Å². The second-order valence-corrected chi connectivity index (χ2v) is 5.18. The molecule has 4 nitrogen and oxygen atoms in total. The van der Waals surface area contributed by atoms with Crippen molar-refractivity contribution in [3.63, 3.8) is 0 Å². The lowest BCUT2D eigenvalue weighted by Crippen LogP contribution is -2.18. The van der Waals surface area contributed by atoms with Gasteiger partial charge in [0.2, 0.25) is 0 Å². The van der Waals surface area contributed by atoms with E-state index in [2.05, 4.69) is 4.98 Å². The number of aromatic nitrogens is 1. The Labute approximate surface area is 128 Å². The Balaban J connectivity index is 2.18. The highest BCUT2D eigenvalue weighted by Gasteiger charge is 2.11. The Hall–Kier alpha value is -1.65. The first-order chi connectivity index (χ1) is 9.51. The fraction of sp³-hybridized carbons (Fsp3) is 0.214. The van der Waals surface area contributed by atoms with Crippen LogP contribution in [0.3, 0.4) is 0 Å². The molecule has 0 aliphatic carbocycles. The first kappa shape index (κ1) is 14.8. The van der Waals surface area contributed by atoms with Gasteiger partial charge in [0.05, 0.1) is 17.2 Å². The number of rotatable bonds is 4. The summed E-state index contributed by atoms with van der Waals surface area (Å²) in [6, 6.07) is 9.40. The minimum Gasteiger partial charge on any atom is -0.497 e. The van der Waals surface area contributed by atoms with Crippen molar-refractivity contribution in [1.82, 2.24) is 4.98 Å². The van der Waals surface area contributed by atoms with Gasteiger partial charge in [-0.25, -0.2) is 4.98 Å². The first-order valence-electron chi connectivity index (χ1n) is 5.97. The summed E-state index contributed by atoms with van der Waals surface area (Å²) in [5.41, 5.74) is 6.82. The monoisotopic (exact) mass is 311 g/mol. The number of nitrogen functional groups attached to an aromatic ring is 1. The van der Waals surface area contributed by atoms with Crippen molar-refractivity contribution in [2.75, 3.05) is 24.8 Å². The van der Waals surface area contributed by atoms with Gasteiger partial charge in [0.25, 0.3) is 0 Å². The van der Waals surface area contributed by atoms with Crippen LogP contribution in [0.15, 0.2) is 30.3 Å². The van der Waals surface area contributed by atoms with E-state index in [-0.39, 0.29) is 5.82 Å². The number of nitrogens with two attached hydrogens (primary N) is 1. The molecule has 0 aliphatic heterocycles. The minimum atomic E-state index is 0.271. The Morgan fingerprint density at radius 1 is 1.20 bits per heavy atom. The third-order valence-corrected chi connectivity index (χ3v) is 3.46. The van der Waals surface area contributed by atoms with E-state index in [0.29, 0.717) is 22.4 Å². The molecule has 106 valence electrons. The predicted molar refractivity (Wildman–Crippen MR) is 83.8 cm³/mol. The molecule has 6 heteroatoms. The molecule has 1 aromatic carbocycles. The first-order valence-corrected chi connectivity index (χ1v) is 6.72. The molecule has 1 heterocycles. The Morgan fingerprint density at radius 3 is 2.45 bits per heavy atom. The largest absolute Gasteiger partial charge is 0.497 e. The summed E-state index contributed by atoms with van der Waals surface area (Å²) in [6.07, 6.45) is 0. The standard InChI is InChI=1S/C14H15Cl2N3O/c1-19(8-9-3-5-10(20-2)6-4-9)14-12(16)7-11(15)13(17)18-14/h3-7H,8H2,1-2H3,(H2,17,18). The van der Waals surface area contributed by atoms with Gasteiger partial charge in [-0.1, -0.05) is 35.3 Å². The second kappa shape index (κ2) is 6.20. The van der Waals surface area contributed by atoms with Crippen LogP contribution in [-0.2, 0) is 6.54 Å². The minimum absolute atomic E-state index is 0.271. The molecule has 0 aliphatic rings. The Kier molecular flexibility index (Phi) is 4.57. The molecule has 0 spiro atoms. The molecule has 2 N–H and O–H groups in total. The number of anilines is 2. The van der Waals surface area contributed by atoms with E-state index in [1.165, 1.54) is 0 Å². The van der Waals surface area contributed by atoms with E-state index in [9.17, 15) is 0 Å². The van der Waals surface area contributed by atoms with Gasteiger partial charge in [0.1, 0.15) is 17.4 Å². The predicted octanol–water partition coefficient (Wildman–Crippen LogP) is 3.62. The van der Waals surface area contributed by atoms with Crippen molar-refractivity contribution in [2.24, 2.45) is 0 Å². The molecule has 0 amide bonds. The van der Waals surface area contributed by atoms with Gasteiger partial charge in [-0.15, -0.1) is 0 Å². The number of methoxy groups -OCH3 is 1. The normalized spacial score (nSPS) is 10.4. The van der Waals surface area contributed by atoms with E-state index >= 15 is 0 Å². The third-order valence-electron chi connectivity index (χ3n) is 2.88. The second-order valence-electron chi connectivity index (χ2n) is 4.37. The fourth-order valence-electron chi connectivity index (χ4n) is 1.82. The van der Waals surface area contributed by atoms with Crippen LogP contribution in [0.25, 0.3) is 0 Å². The smallest absolute Gasteiger partial charge is 0.149 e. The topological polar surface area (TPSA) is 51.4 Å². The van der Waals surface area contributed by atoms with Crippen molar-refractivity contribution in [3.8, 4) is 5.75 Å². The number of halogens is 2. The average molecular weight is 312 g/mol. The zero-order valence-electron chi connectivity index (χ0n) is 11.2. The van der Waals surface area contributed by atoms with Crippen LogP contribution in [0.2, 0.25) is 10.0 Å². The summed E-state index contributed by atoms with van der Waals surface area (Å²) in [5.74, 6) is 1.69. The zero-order valence-corrected chi connectivity index (χ0v) is 12.7. The molecular formula is C14H15Cl2N3O. The summed E-state index contributed by atoms with van der Waals surface area (Å²) in [7, 11) is 3.53. The summed E-state index contributed by atoms with van der Waals surface area (Å²) in [5, 5.41) is 0.830. The van der Waals surface area contributed by atoms with Gasteiger partial charge >= 0.3 is 0 Å². The number of hydrogen-bond acceptors (Lipinski definition) is 4. The molecular weight excluding hydrogens is 297 g/mol. The number of hydrogen-bond donors (Lipinski definition) is 1. The highest BCUT2D eigenvalue weighted by atomic mass is 35.5. The van der Waals surface area contributed by atoms with Crippen molar-refractivity contribution < 1.29 is 4.74 Å². The number of ether oxygens (including phenoxy) is 1. The van der Waals surface area contributed by atoms with Crippen LogP contribution in [-0.4, -0.2) is 19.1 Å². The molecule has 0 saturated carbocycles. The lowest BCUT2D eigenvalue weighted by molar-refractivity contribution is 0.414. The van der Waals surface area contributed by atoms with E-state index in [0.717, 1.165) is 11.3 Å². The molecule has 2 aromatic rings. The van der Waals surface area contributed by atoms with Crippen molar-refractivity contribution in [2.45, 2.75) is 6.54 Å². The average Bonchev–Trinajstić information content (AvgIpc) is 2.43. The SMILES string of the molecule is COc1ccc(CN(C)c2nc(N)c(Cl)cc2Cl)cc1. The lowest BCUT2D eigenvalue weighted by Gasteiger charge is -2.20. The maximum atomic E-state index is 6.15. The van der Waals surface area contributed by atoms with Gasteiger partial charge in [0.15, 0.2) is 0 Å². The molecule has 0 fully saturated rings. The van der Waals surface area contributed by atoms with E-state index in [1.807, 2.05) is 36.2 Å². The molecule has 0 bridgehead atoms. The van der Waals surface area contributed by atoms with Crippen LogP contribution in [0.4, 0.5) is 11.6 Å². The van der Waals surface area contributed by atoms with E-state index < -0.39 is 0 Å². The van der Waals surface area contributed by atoms with Gasteiger partial charge in [-0.05, 0) is 23.8 Å². The van der Waals surface area contributed by atoms with Crippen molar-refractivity contribution in [1.29, 1.82) is 0 Å². The Bertz CT molecular complexity index is 602. The van der Waals surface area contributed by atoms with Gasteiger partial charge in [-0.3, -0.25) is 0 Å². The van der Waals surface area contributed by atoms with Crippen molar-refractivity contribution in [3.05, 3.63) is 45.9 Å². The van der Waals surface area contributed by atoms with E-state index in [1.54, 1.807) is 13.2 Å². The van der Waals surface area contributed by atoms with E-state index in [4.69, 9.17) is 33.7 Å². The Morgan fingerprint density at radius 2 is 1.85 bits per heavy atom. The van der Waals surface area contributed by atoms with Crippen LogP contribution >= 0.6 is 23.2 Å². The summed E-state index contributed by atoms with van der Waals surface area (Å²) >= 11 is 12.0. The van der Waals surface area contributed by atoms with Gasteiger partial charge in [-0.2, -0.15) is 0 Å². The summed E-state index contributed by atoms with van der Waals surface area (Å²) < 4.78 is 5.13. The summed E-state index contributed by atoms with van der Waals surface area (Å²) in [4.78, 5) is 6.13. The quantitative estimate of drug-likeness (QED) is 0.937. The maximum absolute atomic E-state index is 6.15. The van der Waals surface area contributed by atoms with Crippen LogP contribution in [0.1, 0.15) is 5.56 Å². The van der Waals surface area contributed by atoms with Gasteiger partial charge < -0.3 is 15.4 Å². The van der Waals surface area contributed by atoms with Crippen LogP contribution in [0.5, 0.6) is 5.75 Å². The zero-order chi connectivity index (χ0) is 14.7. The van der Waals surface area contributed by atoms with Crippen LogP contribution < -0.4 is 15.4 Å². The molecule has 0 saturated heterocycles. The molecule has 1 aromatic heterocycles. The molecule has 20 heavy (non-hydrogen) atoms. The molecule has 0 unspecified atom stereocenters. The van der Waals surface area contributed by atoms with Gasteiger partial charge in [0, 0.05) is 13.6 Å². The number of nitrogens with zero attached hydrogens (tertiary/aromatic N) is 2. The highest BCUT2D eigenvalue weighted by molar-refractivity contribution is 6.37. The highest BCUT2D eigenvalue weighted by Crippen LogP contribution is 2.30. The summed E-state index contributed by atoms with van der Waals surface area (Å²) in [6.45, 7) is 0.651. The number of benzene rings is 1. The van der Waals surface area contributed by atoms with Crippen LogP contribution in [0, 0.1) is 0 Å². The molecule has 2 rings (SSSR count). The lowest BCUT2D eigenvalue weighted by atomic mass is 10.2. The maximum Gasteiger partial charge on any atom is 0.149 e. The fourth-order valence-corrected chi connectivity index (χ4v) is 2.32.